The van der Waals surface area contributed by atoms with Crippen molar-refractivity contribution in [1.82, 2.24) is 0 Å². The van der Waals surface area contributed by atoms with Crippen LogP contribution in [0.1, 0.15) is 11.1 Å². The lowest BCUT2D eigenvalue weighted by molar-refractivity contribution is 0.619. The molecule has 0 saturated heterocycles. The monoisotopic (exact) mass is 215 g/mol. The molecule has 0 unspecified atom stereocenters. The molecule has 2 heteroatoms. The molecule has 1 nitrogen and oxygen atoms in total. The van der Waals surface area contributed by atoms with Crippen molar-refractivity contribution >= 4 is 5.69 Å². The van der Waals surface area contributed by atoms with Crippen LogP contribution in [-0.2, 0) is 0 Å². The van der Waals surface area contributed by atoms with Crippen LogP contribution in [0, 0.1) is 19.7 Å². The molecule has 0 atom stereocenters. The number of aryl methyl sites for hydroxylation is 2. The van der Waals surface area contributed by atoms with E-state index in [1.54, 1.807) is 13.0 Å². The Morgan fingerprint density at radius 1 is 0.875 bits per heavy atom. The van der Waals surface area contributed by atoms with E-state index in [9.17, 15) is 4.39 Å². The van der Waals surface area contributed by atoms with E-state index in [0.717, 1.165) is 22.4 Å². The SMILES string of the molecule is Cc1ccc(-c2ccc(F)c(C)c2)cc1N. The zero-order chi connectivity index (χ0) is 11.7. The second kappa shape index (κ2) is 3.97. The third-order valence-electron chi connectivity index (χ3n) is 2.77. The van der Waals surface area contributed by atoms with Gasteiger partial charge in [-0.05, 0) is 54.3 Å². The summed E-state index contributed by atoms with van der Waals surface area (Å²) >= 11 is 0. The van der Waals surface area contributed by atoms with Crippen molar-refractivity contribution in [1.29, 1.82) is 0 Å². The molecule has 0 amide bonds. The fraction of sp³-hybridized carbons (Fsp3) is 0.143. The van der Waals surface area contributed by atoms with Gasteiger partial charge in [0.1, 0.15) is 5.82 Å². The summed E-state index contributed by atoms with van der Waals surface area (Å²) in [6.45, 7) is 3.73. The Bertz CT molecular complexity index is 483. The Kier molecular flexibility index (Phi) is 2.65. The van der Waals surface area contributed by atoms with E-state index in [4.69, 9.17) is 5.73 Å². The van der Waals surface area contributed by atoms with E-state index in [-0.39, 0.29) is 5.82 Å². The van der Waals surface area contributed by atoms with Crippen molar-refractivity contribution in [3.05, 3.63) is 53.3 Å². The van der Waals surface area contributed by atoms with Crippen LogP contribution < -0.4 is 5.73 Å². The molecule has 0 aliphatic rings. The quantitative estimate of drug-likeness (QED) is 0.721. The van der Waals surface area contributed by atoms with E-state index in [0.29, 0.717) is 5.56 Å². The molecule has 16 heavy (non-hydrogen) atoms. The predicted octanol–water partition coefficient (Wildman–Crippen LogP) is 3.69. The molecule has 0 heterocycles. The summed E-state index contributed by atoms with van der Waals surface area (Å²) < 4.78 is 13.1. The third-order valence-corrected chi connectivity index (χ3v) is 2.77. The fourth-order valence-electron chi connectivity index (χ4n) is 1.64. The molecule has 2 rings (SSSR count). The minimum atomic E-state index is -0.177. The molecule has 0 saturated carbocycles. The van der Waals surface area contributed by atoms with Crippen molar-refractivity contribution in [3.8, 4) is 11.1 Å². The van der Waals surface area contributed by atoms with E-state index in [1.165, 1.54) is 6.07 Å². The summed E-state index contributed by atoms with van der Waals surface area (Å²) in [6.07, 6.45) is 0. The van der Waals surface area contributed by atoms with Gasteiger partial charge in [0.2, 0.25) is 0 Å². The van der Waals surface area contributed by atoms with E-state index < -0.39 is 0 Å². The molecule has 0 fully saturated rings. The van der Waals surface area contributed by atoms with E-state index >= 15 is 0 Å². The molecule has 82 valence electrons. The average molecular weight is 215 g/mol. The molecular formula is C14H14FN. The van der Waals surface area contributed by atoms with Crippen LogP contribution in [0.2, 0.25) is 0 Å². The Morgan fingerprint density at radius 3 is 2.12 bits per heavy atom. The molecule has 2 N–H and O–H groups in total. The summed E-state index contributed by atoms with van der Waals surface area (Å²) in [5.74, 6) is -0.177. The first-order valence-electron chi connectivity index (χ1n) is 5.20. The standard InChI is InChI=1S/C14H14FN/c1-9-3-4-12(8-14(9)16)11-5-6-13(15)10(2)7-11/h3-8H,16H2,1-2H3. The highest BCUT2D eigenvalue weighted by molar-refractivity contribution is 5.69. The number of hydrogen-bond donors (Lipinski definition) is 1. The lowest BCUT2D eigenvalue weighted by Crippen LogP contribution is -1.90. The summed E-state index contributed by atoms with van der Waals surface area (Å²) in [6, 6.07) is 11.0. The number of benzene rings is 2. The maximum Gasteiger partial charge on any atom is 0.126 e. The summed E-state index contributed by atoms with van der Waals surface area (Å²) in [5, 5.41) is 0. The second-order valence-electron chi connectivity index (χ2n) is 4.04. The molecule has 0 radical (unpaired) electrons. The van der Waals surface area contributed by atoms with Gasteiger partial charge < -0.3 is 5.73 Å². The number of nitrogens with two attached hydrogens (primary N) is 1. The topological polar surface area (TPSA) is 26.0 Å². The Balaban J connectivity index is 2.50. The van der Waals surface area contributed by atoms with Crippen molar-refractivity contribution in [2.45, 2.75) is 13.8 Å². The molecule has 2 aromatic rings. The van der Waals surface area contributed by atoms with Gasteiger partial charge in [0.15, 0.2) is 0 Å². The van der Waals surface area contributed by atoms with Crippen LogP contribution in [0.4, 0.5) is 10.1 Å². The summed E-state index contributed by atoms with van der Waals surface area (Å²) in [4.78, 5) is 0. The molecule has 0 bridgehead atoms. The molecule has 2 aromatic carbocycles. The minimum absolute atomic E-state index is 0.177. The van der Waals surface area contributed by atoms with Crippen LogP contribution in [0.25, 0.3) is 11.1 Å². The number of anilines is 1. The zero-order valence-electron chi connectivity index (χ0n) is 9.42. The average Bonchev–Trinajstić information content (AvgIpc) is 2.26. The lowest BCUT2D eigenvalue weighted by Gasteiger charge is -2.06. The largest absolute Gasteiger partial charge is 0.398 e. The Morgan fingerprint density at radius 2 is 1.50 bits per heavy atom. The van der Waals surface area contributed by atoms with Gasteiger partial charge in [-0.2, -0.15) is 0 Å². The van der Waals surface area contributed by atoms with E-state index in [1.807, 2.05) is 31.2 Å². The molecule has 0 aliphatic heterocycles. The zero-order valence-corrected chi connectivity index (χ0v) is 9.42. The Labute approximate surface area is 94.7 Å². The van der Waals surface area contributed by atoms with Crippen LogP contribution in [0.5, 0.6) is 0 Å². The van der Waals surface area contributed by atoms with Gasteiger partial charge in [-0.1, -0.05) is 18.2 Å². The van der Waals surface area contributed by atoms with Gasteiger partial charge in [-0.25, -0.2) is 4.39 Å². The summed E-state index contributed by atoms with van der Waals surface area (Å²) in [7, 11) is 0. The highest BCUT2D eigenvalue weighted by Crippen LogP contribution is 2.25. The van der Waals surface area contributed by atoms with Crippen molar-refractivity contribution in [2.24, 2.45) is 0 Å². The van der Waals surface area contributed by atoms with Crippen molar-refractivity contribution in [3.63, 3.8) is 0 Å². The highest BCUT2D eigenvalue weighted by atomic mass is 19.1. The first kappa shape index (κ1) is 10.7. The Hall–Kier alpha value is -1.83. The van der Waals surface area contributed by atoms with Gasteiger partial charge in [0.05, 0.1) is 0 Å². The second-order valence-corrected chi connectivity index (χ2v) is 4.04. The van der Waals surface area contributed by atoms with Crippen LogP contribution in [0.3, 0.4) is 0 Å². The first-order valence-corrected chi connectivity index (χ1v) is 5.20. The lowest BCUT2D eigenvalue weighted by atomic mass is 10.0. The maximum absolute atomic E-state index is 13.1. The molecule has 0 spiro atoms. The number of nitrogen functional groups attached to an aromatic ring is 1. The number of halogens is 1. The van der Waals surface area contributed by atoms with Gasteiger partial charge in [-0.3, -0.25) is 0 Å². The first-order chi connectivity index (χ1) is 7.58. The van der Waals surface area contributed by atoms with Crippen LogP contribution >= 0.6 is 0 Å². The normalized spacial score (nSPS) is 10.4. The molecule has 0 aliphatic carbocycles. The number of hydrogen-bond acceptors (Lipinski definition) is 1. The predicted molar refractivity (Wildman–Crippen MR) is 65.7 cm³/mol. The van der Waals surface area contributed by atoms with Gasteiger partial charge in [0, 0.05) is 5.69 Å². The third kappa shape index (κ3) is 1.91. The maximum atomic E-state index is 13.1. The number of rotatable bonds is 1. The smallest absolute Gasteiger partial charge is 0.126 e. The van der Waals surface area contributed by atoms with E-state index in [2.05, 4.69) is 0 Å². The fourth-order valence-corrected chi connectivity index (χ4v) is 1.64. The minimum Gasteiger partial charge on any atom is -0.398 e. The van der Waals surface area contributed by atoms with Crippen molar-refractivity contribution < 1.29 is 4.39 Å². The summed E-state index contributed by atoms with van der Waals surface area (Å²) in [5.41, 5.74) is 10.3. The van der Waals surface area contributed by atoms with Crippen LogP contribution in [-0.4, -0.2) is 0 Å². The molecule has 0 aromatic heterocycles. The highest BCUT2D eigenvalue weighted by Gasteiger charge is 2.03. The van der Waals surface area contributed by atoms with Gasteiger partial charge >= 0.3 is 0 Å². The van der Waals surface area contributed by atoms with Crippen molar-refractivity contribution in [2.75, 3.05) is 5.73 Å². The van der Waals surface area contributed by atoms with Gasteiger partial charge in [0.25, 0.3) is 0 Å². The van der Waals surface area contributed by atoms with Crippen LogP contribution in [0.15, 0.2) is 36.4 Å². The molecular weight excluding hydrogens is 201 g/mol. The van der Waals surface area contributed by atoms with Gasteiger partial charge in [-0.15, -0.1) is 0 Å².